The summed E-state index contributed by atoms with van der Waals surface area (Å²) in [6, 6.07) is 6.29. The van der Waals surface area contributed by atoms with Crippen molar-refractivity contribution in [2.75, 3.05) is 43.6 Å². The molecule has 0 saturated carbocycles. The molecule has 0 radical (unpaired) electrons. The highest BCUT2D eigenvalue weighted by molar-refractivity contribution is 5.90. The van der Waals surface area contributed by atoms with E-state index in [9.17, 15) is 4.79 Å². The van der Waals surface area contributed by atoms with Crippen LogP contribution < -0.4 is 10.2 Å². The van der Waals surface area contributed by atoms with E-state index in [0.717, 1.165) is 18.7 Å². The summed E-state index contributed by atoms with van der Waals surface area (Å²) in [6.45, 7) is 5.00. The number of nitrogens with zero attached hydrogens (tertiary/aromatic N) is 2. The first-order chi connectivity index (χ1) is 10.1. The Morgan fingerprint density at radius 3 is 3.05 bits per heavy atom. The van der Waals surface area contributed by atoms with E-state index in [0.29, 0.717) is 19.8 Å². The van der Waals surface area contributed by atoms with Crippen LogP contribution >= 0.6 is 0 Å². The molecule has 21 heavy (non-hydrogen) atoms. The number of anilines is 2. The van der Waals surface area contributed by atoms with Gasteiger partial charge in [-0.1, -0.05) is 0 Å². The maximum Gasteiger partial charge on any atom is 0.322 e. The Bertz CT molecular complexity index is 532. The predicted octanol–water partition coefficient (Wildman–Crippen LogP) is 2.32. The van der Waals surface area contributed by atoms with Crippen LogP contribution in [0.3, 0.4) is 0 Å². The van der Waals surface area contributed by atoms with Crippen LogP contribution in [0.4, 0.5) is 16.2 Å². The normalized spacial score (nSPS) is 21.9. The third-order valence-corrected chi connectivity index (χ3v) is 4.31. The molecule has 0 spiro atoms. The van der Waals surface area contributed by atoms with Crippen molar-refractivity contribution in [3.8, 4) is 0 Å². The third-order valence-electron chi connectivity index (χ3n) is 4.31. The van der Waals surface area contributed by atoms with Crippen LogP contribution in [0.5, 0.6) is 0 Å². The highest BCUT2D eigenvalue weighted by Crippen LogP contribution is 2.28. The number of benzene rings is 1. The Balaban J connectivity index is 1.71. The number of hydrogen-bond donors (Lipinski definition) is 1. The molecule has 1 fully saturated rings. The molecule has 5 heteroatoms. The first-order valence-electron chi connectivity index (χ1n) is 7.64. The smallest absolute Gasteiger partial charge is 0.322 e. The number of morpholine rings is 1. The highest BCUT2D eigenvalue weighted by atomic mass is 16.5. The summed E-state index contributed by atoms with van der Waals surface area (Å²) in [5.74, 6) is 0. The molecule has 0 aromatic heterocycles. The lowest BCUT2D eigenvalue weighted by Crippen LogP contribution is -2.48. The van der Waals surface area contributed by atoms with Gasteiger partial charge in [0.1, 0.15) is 0 Å². The van der Waals surface area contributed by atoms with Crippen molar-refractivity contribution in [1.29, 1.82) is 0 Å². The Labute approximate surface area is 125 Å². The number of carbonyl (C=O) groups is 1. The third kappa shape index (κ3) is 2.97. The zero-order valence-electron chi connectivity index (χ0n) is 12.8. The minimum atomic E-state index is -0.0325. The van der Waals surface area contributed by atoms with E-state index in [4.69, 9.17) is 4.74 Å². The second-order valence-corrected chi connectivity index (χ2v) is 5.92. The summed E-state index contributed by atoms with van der Waals surface area (Å²) in [6.07, 6.45) is 2.25. The number of amides is 2. The fourth-order valence-corrected chi connectivity index (χ4v) is 3.09. The quantitative estimate of drug-likeness (QED) is 0.863. The van der Waals surface area contributed by atoms with Gasteiger partial charge in [0.15, 0.2) is 0 Å². The standard InChI is InChI=1S/C16H23N3O2/c1-12-11-21-9-8-19(12)16(20)17-14-5-6-15-13(10-14)4-3-7-18(15)2/h5-6,10,12H,3-4,7-9,11H2,1-2H3,(H,17,20). The van der Waals surface area contributed by atoms with E-state index in [1.807, 2.05) is 17.9 Å². The molecule has 2 aliphatic heterocycles. The molecular formula is C16H23N3O2. The molecule has 1 saturated heterocycles. The molecule has 5 nitrogen and oxygen atoms in total. The molecule has 3 rings (SSSR count). The summed E-state index contributed by atoms with van der Waals surface area (Å²) in [4.78, 5) is 16.5. The lowest BCUT2D eigenvalue weighted by atomic mass is 10.0. The minimum Gasteiger partial charge on any atom is -0.377 e. The van der Waals surface area contributed by atoms with Gasteiger partial charge in [0.2, 0.25) is 0 Å². The van der Waals surface area contributed by atoms with Crippen molar-refractivity contribution >= 4 is 17.4 Å². The van der Waals surface area contributed by atoms with Crippen LogP contribution in [0.2, 0.25) is 0 Å². The number of nitrogens with one attached hydrogen (secondary N) is 1. The van der Waals surface area contributed by atoms with Crippen LogP contribution in [-0.4, -0.2) is 50.3 Å². The van der Waals surface area contributed by atoms with Crippen LogP contribution in [-0.2, 0) is 11.2 Å². The van der Waals surface area contributed by atoms with Gasteiger partial charge in [-0.15, -0.1) is 0 Å². The van der Waals surface area contributed by atoms with E-state index >= 15 is 0 Å². The number of aryl methyl sites for hydroxylation is 1. The number of hydrogen-bond acceptors (Lipinski definition) is 3. The molecule has 1 N–H and O–H groups in total. The van der Waals surface area contributed by atoms with Gasteiger partial charge in [-0.3, -0.25) is 0 Å². The molecule has 1 unspecified atom stereocenters. The Kier molecular flexibility index (Phi) is 4.01. The second-order valence-electron chi connectivity index (χ2n) is 5.92. The number of carbonyl (C=O) groups excluding carboxylic acids is 1. The largest absolute Gasteiger partial charge is 0.377 e. The van der Waals surface area contributed by atoms with Gasteiger partial charge in [0, 0.05) is 31.5 Å². The van der Waals surface area contributed by atoms with Crippen LogP contribution in [0.1, 0.15) is 18.9 Å². The molecule has 2 heterocycles. The Hall–Kier alpha value is -1.75. The van der Waals surface area contributed by atoms with Crippen molar-refractivity contribution in [1.82, 2.24) is 4.90 Å². The zero-order chi connectivity index (χ0) is 14.8. The lowest BCUT2D eigenvalue weighted by molar-refractivity contribution is 0.0222. The number of rotatable bonds is 1. The van der Waals surface area contributed by atoms with E-state index < -0.39 is 0 Å². The lowest BCUT2D eigenvalue weighted by Gasteiger charge is -2.33. The van der Waals surface area contributed by atoms with Gasteiger partial charge in [-0.25, -0.2) is 4.79 Å². The van der Waals surface area contributed by atoms with Crippen molar-refractivity contribution < 1.29 is 9.53 Å². The van der Waals surface area contributed by atoms with Gasteiger partial charge in [0.25, 0.3) is 0 Å². The molecular weight excluding hydrogens is 266 g/mol. The number of urea groups is 1. The van der Waals surface area contributed by atoms with Crippen molar-refractivity contribution in [3.63, 3.8) is 0 Å². The van der Waals surface area contributed by atoms with Crippen LogP contribution in [0, 0.1) is 0 Å². The summed E-state index contributed by atoms with van der Waals surface area (Å²) in [5.41, 5.74) is 3.48. The molecule has 1 aromatic carbocycles. The van der Waals surface area contributed by atoms with E-state index in [2.05, 4.69) is 29.4 Å². The fourth-order valence-electron chi connectivity index (χ4n) is 3.09. The van der Waals surface area contributed by atoms with Crippen molar-refractivity contribution in [3.05, 3.63) is 23.8 Å². The van der Waals surface area contributed by atoms with Crippen molar-refractivity contribution in [2.24, 2.45) is 0 Å². The van der Waals surface area contributed by atoms with Crippen LogP contribution in [0.15, 0.2) is 18.2 Å². The van der Waals surface area contributed by atoms with Crippen LogP contribution in [0.25, 0.3) is 0 Å². The second kappa shape index (κ2) is 5.93. The average molecular weight is 289 g/mol. The number of ether oxygens (including phenoxy) is 1. The van der Waals surface area contributed by atoms with E-state index in [-0.39, 0.29) is 12.1 Å². The van der Waals surface area contributed by atoms with Crippen molar-refractivity contribution in [2.45, 2.75) is 25.8 Å². The SMILES string of the molecule is CC1COCCN1C(=O)Nc1ccc2c(c1)CCCN2C. The predicted molar refractivity (Wildman–Crippen MR) is 84.0 cm³/mol. The van der Waals surface area contributed by atoms with Gasteiger partial charge in [0.05, 0.1) is 19.3 Å². The molecule has 2 aliphatic rings. The minimum absolute atomic E-state index is 0.0325. The number of fused-ring (bicyclic) bond motifs is 1. The van der Waals surface area contributed by atoms with E-state index in [1.165, 1.54) is 17.7 Å². The molecule has 0 aliphatic carbocycles. The molecule has 1 aromatic rings. The maximum absolute atomic E-state index is 12.4. The summed E-state index contributed by atoms with van der Waals surface area (Å²) in [5, 5.41) is 3.02. The molecule has 114 valence electrons. The summed E-state index contributed by atoms with van der Waals surface area (Å²) >= 11 is 0. The topological polar surface area (TPSA) is 44.8 Å². The summed E-state index contributed by atoms with van der Waals surface area (Å²) in [7, 11) is 2.12. The molecule has 2 amide bonds. The zero-order valence-corrected chi connectivity index (χ0v) is 12.8. The Morgan fingerprint density at radius 1 is 1.38 bits per heavy atom. The van der Waals surface area contributed by atoms with Gasteiger partial charge in [-0.05, 0) is 43.5 Å². The molecule has 1 atom stereocenters. The average Bonchev–Trinajstić information content (AvgIpc) is 2.48. The summed E-state index contributed by atoms with van der Waals surface area (Å²) < 4.78 is 5.37. The van der Waals surface area contributed by atoms with E-state index in [1.54, 1.807) is 0 Å². The van der Waals surface area contributed by atoms with Gasteiger partial charge in [-0.2, -0.15) is 0 Å². The first kappa shape index (κ1) is 14.2. The molecule has 0 bridgehead atoms. The highest BCUT2D eigenvalue weighted by Gasteiger charge is 2.24. The maximum atomic E-state index is 12.4. The van der Waals surface area contributed by atoms with Gasteiger partial charge < -0.3 is 19.9 Å². The van der Waals surface area contributed by atoms with Gasteiger partial charge >= 0.3 is 6.03 Å². The Morgan fingerprint density at radius 2 is 2.24 bits per heavy atom. The fraction of sp³-hybridized carbons (Fsp3) is 0.562. The first-order valence-corrected chi connectivity index (χ1v) is 7.64. The monoisotopic (exact) mass is 289 g/mol.